The molecule has 2 aliphatic rings. The molecule has 0 saturated carbocycles. The Morgan fingerprint density at radius 3 is 2.58 bits per heavy atom. The zero-order valence-electron chi connectivity index (χ0n) is 12.6. The largest absolute Gasteiger partial charge is 0.389 e. The summed E-state index contributed by atoms with van der Waals surface area (Å²) in [7, 11) is 0. The summed E-state index contributed by atoms with van der Waals surface area (Å²) in [5, 5.41) is 10.0. The lowest BCUT2D eigenvalue weighted by molar-refractivity contribution is -0.0157. The summed E-state index contributed by atoms with van der Waals surface area (Å²) in [6.07, 6.45) is 5.17. The molecule has 2 rings (SSSR count). The predicted octanol–water partition coefficient (Wildman–Crippen LogP) is 1.33. The van der Waals surface area contributed by atoms with E-state index in [-0.39, 0.29) is 12.2 Å². The minimum Gasteiger partial charge on any atom is -0.389 e. The molecule has 2 atom stereocenters. The van der Waals surface area contributed by atoms with Crippen LogP contribution >= 0.6 is 0 Å². The van der Waals surface area contributed by atoms with Gasteiger partial charge in [0.1, 0.15) is 0 Å². The molecule has 0 aliphatic carbocycles. The minimum absolute atomic E-state index is 0.202. The van der Waals surface area contributed by atoms with Crippen molar-refractivity contribution < 1.29 is 9.84 Å². The molecule has 0 aromatic heterocycles. The number of hydrogen-bond donors (Lipinski definition) is 1. The monoisotopic (exact) mass is 270 g/mol. The molecule has 2 fully saturated rings. The standard InChI is InChI=1S/C15H30N2O2/c1-13(2)19-12-15(18)11-16-7-5-6-14(10-16)17-8-3-4-9-17/h13-15,18H,3-12H2,1-2H3. The van der Waals surface area contributed by atoms with Gasteiger partial charge in [-0.05, 0) is 59.2 Å². The van der Waals surface area contributed by atoms with Crippen molar-refractivity contribution in [2.75, 3.05) is 39.3 Å². The molecule has 4 nitrogen and oxygen atoms in total. The highest BCUT2D eigenvalue weighted by Crippen LogP contribution is 2.20. The van der Waals surface area contributed by atoms with E-state index in [9.17, 15) is 5.11 Å². The first-order valence-electron chi connectivity index (χ1n) is 7.91. The topological polar surface area (TPSA) is 35.9 Å². The minimum atomic E-state index is -0.347. The molecule has 2 saturated heterocycles. The molecule has 0 aromatic carbocycles. The number of hydrogen-bond acceptors (Lipinski definition) is 4. The molecule has 0 radical (unpaired) electrons. The molecule has 1 N–H and O–H groups in total. The van der Waals surface area contributed by atoms with E-state index in [2.05, 4.69) is 9.80 Å². The van der Waals surface area contributed by atoms with Gasteiger partial charge in [-0.25, -0.2) is 0 Å². The fourth-order valence-corrected chi connectivity index (χ4v) is 3.26. The van der Waals surface area contributed by atoms with Crippen LogP contribution in [-0.2, 0) is 4.74 Å². The van der Waals surface area contributed by atoms with E-state index in [0.717, 1.165) is 25.7 Å². The Balaban J connectivity index is 1.71. The Bertz CT molecular complexity index is 255. The number of piperidine rings is 1. The lowest BCUT2D eigenvalue weighted by Gasteiger charge is -2.38. The van der Waals surface area contributed by atoms with Gasteiger partial charge < -0.3 is 9.84 Å². The highest BCUT2D eigenvalue weighted by atomic mass is 16.5. The SMILES string of the molecule is CC(C)OCC(O)CN1CCCC(N2CCCC2)C1. The third-order valence-electron chi connectivity index (χ3n) is 4.23. The van der Waals surface area contributed by atoms with Crippen LogP contribution in [0, 0.1) is 0 Å². The Labute approximate surface area is 117 Å². The Morgan fingerprint density at radius 1 is 1.16 bits per heavy atom. The van der Waals surface area contributed by atoms with Gasteiger partial charge in [0.2, 0.25) is 0 Å². The summed E-state index contributed by atoms with van der Waals surface area (Å²) in [4.78, 5) is 5.06. The highest BCUT2D eigenvalue weighted by Gasteiger charge is 2.27. The molecule has 4 heteroatoms. The van der Waals surface area contributed by atoms with Gasteiger partial charge in [-0.2, -0.15) is 0 Å². The molecule has 112 valence electrons. The van der Waals surface area contributed by atoms with E-state index < -0.39 is 0 Å². The zero-order chi connectivity index (χ0) is 13.7. The lowest BCUT2D eigenvalue weighted by Crippen LogP contribution is -2.49. The van der Waals surface area contributed by atoms with Crippen molar-refractivity contribution in [3.05, 3.63) is 0 Å². The molecular weight excluding hydrogens is 240 g/mol. The van der Waals surface area contributed by atoms with Gasteiger partial charge in [-0.15, -0.1) is 0 Å². The third-order valence-corrected chi connectivity index (χ3v) is 4.23. The van der Waals surface area contributed by atoms with Crippen LogP contribution in [0.4, 0.5) is 0 Å². The van der Waals surface area contributed by atoms with Crippen molar-refractivity contribution in [1.82, 2.24) is 9.80 Å². The molecule has 2 unspecified atom stereocenters. The van der Waals surface area contributed by atoms with Crippen LogP contribution in [-0.4, -0.2) is 72.5 Å². The number of aliphatic hydroxyl groups is 1. The van der Waals surface area contributed by atoms with Crippen LogP contribution in [0.25, 0.3) is 0 Å². The van der Waals surface area contributed by atoms with Crippen LogP contribution in [0.15, 0.2) is 0 Å². The smallest absolute Gasteiger partial charge is 0.0900 e. The van der Waals surface area contributed by atoms with Gasteiger partial charge in [-0.1, -0.05) is 0 Å². The maximum absolute atomic E-state index is 10.0. The van der Waals surface area contributed by atoms with Gasteiger partial charge in [0.05, 0.1) is 18.8 Å². The summed E-state index contributed by atoms with van der Waals surface area (Å²) in [6.45, 7) is 10.0. The van der Waals surface area contributed by atoms with Crippen LogP contribution in [0.3, 0.4) is 0 Å². The second-order valence-corrected chi connectivity index (χ2v) is 6.33. The first-order valence-corrected chi connectivity index (χ1v) is 7.91. The second-order valence-electron chi connectivity index (χ2n) is 6.33. The molecule has 0 aromatic rings. The van der Waals surface area contributed by atoms with Gasteiger partial charge in [0, 0.05) is 19.1 Å². The van der Waals surface area contributed by atoms with E-state index in [4.69, 9.17) is 4.74 Å². The van der Waals surface area contributed by atoms with Crippen molar-refractivity contribution in [2.24, 2.45) is 0 Å². The number of likely N-dealkylation sites (tertiary alicyclic amines) is 2. The average Bonchev–Trinajstić information content (AvgIpc) is 2.90. The van der Waals surface area contributed by atoms with Gasteiger partial charge in [0.15, 0.2) is 0 Å². The molecule has 2 heterocycles. The molecule has 2 aliphatic heterocycles. The molecule has 0 spiro atoms. The Morgan fingerprint density at radius 2 is 1.89 bits per heavy atom. The van der Waals surface area contributed by atoms with E-state index in [0.29, 0.717) is 6.61 Å². The van der Waals surface area contributed by atoms with E-state index in [1.807, 2.05) is 13.8 Å². The number of aliphatic hydroxyl groups excluding tert-OH is 1. The Kier molecular flexibility index (Phi) is 6.07. The van der Waals surface area contributed by atoms with Crippen molar-refractivity contribution in [3.63, 3.8) is 0 Å². The summed E-state index contributed by atoms with van der Waals surface area (Å²) in [5.74, 6) is 0. The normalized spacial score (nSPS) is 28.1. The average molecular weight is 270 g/mol. The van der Waals surface area contributed by atoms with Crippen LogP contribution in [0.2, 0.25) is 0 Å². The van der Waals surface area contributed by atoms with E-state index in [1.54, 1.807) is 0 Å². The van der Waals surface area contributed by atoms with Gasteiger partial charge in [0.25, 0.3) is 0 Å². The maximum atomic E-state index is 10.0. The lowest BCUT2D eigenvalue weighted by atomic mass is 10.0. The van der Waals surface area contributed by atoms with Crippen molar-refractivity contribution in [1.29, 1.82) is 0 Å². The van der Waals surface area contributed by atoms with Crippen LogP contribution in [0.5, 0.6) is 0 Å². The highest BCUT2D eigenvalue weighted by molar-refractivity contribution is 4.84. The third kappa shape index (κ3) is 5.03. The summed E-state index contributed by atoms with van der Waals surface area (Å²) < 4.78 is 5.48. The fraction of sp³-hybridized carbons (Fsp3) is 1.00. The second kappa shape index (κ2) is 7.58. The summed E-state index contributed by atoms with van der Waals surface area (Å²) in [6, 6.07) is 0.717. The molecule has 19 heavy (non-hydrogen) atoms. The van der Waals surface area contributed by atoms with Gasteiger partial charge >= 0.3 is 0 Å². The Hall–Kier alpha value is -0.160. The molecule has 0 bridgehead atoms. The van der Waals surface area contributed by atoms with Gasteiger partial charge in [-0.3, -0.25) is 9.80 Å². The fourth-order valence-electron chi connectivity index (χ4n) is 3.26. The molecular formula is C15H30N2O2. The zero-order valence-corrected chi connectivity index (χ0v) is 12.6. The van der Waals surface area contributed by atoms with Crippen molar-refractivity contribution in [2.45, 2.75) is 57.8 Å². The van der Waals surface area contributed by atoms with Crippen LogP contribution < -0.4 is 0 Å². The number of ether oxygens (including phenoxy) is 1. The molecule has 0 amide bonds. The number of rotatable bonds is 6. The van der Waals surface area contributed by atoms with Crippen molar-refractivity contribution in [3.8, 4) is 0 Å². The number of β-amino-alcohol motifs (C(OH)–C–C–N with tert-alkyl or cyclic N) is 1. The summed E-state index contributed by atoms with van der Waals surface area (Å²) >= 11 is 0. The maximum Gasteiger partial charge on any atom is 0.0900 e. The quantitative estimate of drug-likeness (QED) is 0.790. The summed E-state index contributed by atoms with van der Waals surface area (Å²) in [5.41, 5.74) is 0. The first-order chi connectivity index (χ1) is 9.15. The van der Waals surface area contributed by atoms with E-state index in [1.165, 1.54) is 38.8 Å². The van der Waals surface area contributed by atoms with Crippen LogP contribution in [0.1, 0.15) is 39.5 Å². The van der Waals surface area contributed by atoms with E-state index >= 15 is 0 Å². The first kappa shape index (κ1) is 15.2. The predicted molar refractivity (Wildman–Crippen MR) is 77.4 cm³/mol. The van der Waals surface area contributed by atoms with Crippen molar-refractivity contribution >= 4 is 0 Å². The number of nitrogens with zero attached hydrogens (tertiary/aromatic N) is 2.